The summed E-state index contributed by atoms with van der Waals surface area (Å²) in [4.78, 5) is 29.7. The summed E-state index contributed by atoms with van der Waals surface area (Å²) >= 11 is 0. The minimum absolute atomic E-state index is 0.155. The molecule has 0 aliphatic carbocycles. The third-order valence-electron chi connectivity index (χ3n) is 5.06. The van der Waals surface area contributed by atoms with Gasteiger partial charge in [-0.1, -0.05) is 119 Å². The van der Waals surface area contributed by atoms with Gasteiger partial charge in [-0.2, -0.15) is 0 Å². The fraction of sp³-hybridized carbons (Fsp3) is 0.900. The van der Waals surface area contributed by atoms with E-state index in [1.807, 2.05) is 48.7 Å². The predicted octanol–water partition coefficient (Wildman–Crippen LogP) is 6.89. The molecule has 0 rings (SSSR count). The number of ketones is 1. The first-order valence-corrected chi connectivity index (χ1v) is 15.0. The molecule has 0 aromatic rings. The standard InChI is InChI=1S/C16H33NO.C7H15NO.C2H7N.2C2H6.CH3NO/c1-2-3-4-5-6-7-8-9-10-11-12-13-14-15-16(17)18;1-6(7(2)9)4-3-5-8;1-3-2;2*1-2;2-1-3/h2-15H2,1H3,(H2,17,18);6H,3-5,8H2,1-2H3;3H,1-2H3;2*1-2H3;1H,(H2,2,3)/t;6-;;;;/m.1..../s1. The Labute approximate surface area is 232 Å². The van der Waals surface area contributed by atoms with Crippen LogP contribution in [0.15, 0.2) is 0 Å². The summed E-state index contributed by atoms with van der Waals surface area (Å²) in [5.74, 6) is 0.315. The van der Waals surface area contributed by atoms with Gasteiger partial charge < -0.3 is 22.5 Å². The number of nitrogens with one attached hydrogen (secondary N) is 1. The SMILES string of the molecule is CC.CC.CC(=O)[C@H](C)CCCN.CCCCCCCCCCCCCCCC(N)=O.CNC.NC=O. The summed E-state index contributed by atoms with van der Waals surface area (Å²) in [6.07, 6.45) is 20.1. The van der Waals surface area contributed by atoms with Gasteiger partial charge in [0.2, 0.25) is 12.3 Å². The Balaban J connectivity index is -0.000000105. The molecule has 0 aliphatic rings. The number of nitrogens with two attached hydrogens (primary N) is 3. The van der Waals surface area contributed by atoms with Crippen LogP contribution < -0.4 is 22.5 Å². The van der Waals surface area contributed by atoms with E-state index < -0.39 is 0 Å². The number of Topliss-reactive ketones (excluding diaryl/α,β-unsaturated/α-hetero) is 1. The number of hydrogen-bond acceptors (Lipinski definition) is 5. The first-order chi connectivity index (χ1) is 17.8. The van der Waals surface area contributed by atoms with Crippen LogP contribution in [0.5, 0.6) is 0 Å². The van der Waals surface area contributed by atoms with Crippen LogP contribution in [0.1, 0.15) is 151 Å². The Hall–Kier alpha value is -1.47. The van der Waals surface area contributed by atoms with Crippen molar-refractivity contribution in [2.45, 2.75) is 151 Å². The molecule has 0 bridgehead atoms. The average Bonchev–Trinajstić information content (AvgIpc) is 2.89. The molecule has 0 unspecified atom stereocenters. The van der Waals surface area contributed by atoms with Crippen molar-refractivity contribution in [2.75, 3.05) is 20.6 Å². The van der Waals surface area contributed by atoms with Crippen LogP contribution in [-0.2, 0) is 14.4 Å². The zero-order valence-corrected chi connectivity index (χ0v) is 26.6. The third kappa shape index (κ3) is 78.8. The Kier molecular flexibility index (Phi) is 72.4. The topological polar surface area (TPSA) is 141 Å². The lowest BCUT2D eigenvalue weighted by Gasteiger charge is -2.03. The van der Waals surface area contributed by atoms with Crippen molar-refractivity contribution in [2.24, 2.45) is 23.1 Å². The molecule has 2 amide bonds. The quantitative estimate of drug-likeness (QED) is 0.112. The van der Waals surface area contributed by atoms with E-state index in [9.17, 15) is 9.59 Å². The summed E-state index contributed by atoms with van der Waals surface area (Å²) in [6.45, 7) is 14.5. The largest absolute Gasteiger partial charge is 0.372 e. The second-order valence-electron chi connectivity index (χ2n) is 8.54. The molecule has 0 aromatic heterocycles. The highest BCUT2D eigenvalue weighted by molar-refractivity contribution is 5.77. The van der Waals surface area contributed by atoms with Crippen LogP contribution in [0.3, 0.4) is 0 Å². The summed E-state index contributed by atoms with van der Waals surface area (Å²) in [6, 6.07) is 0. The lowest BCUT2D eigenvalue weighted by molar-refractivity contribution is -0.120. The molecule has 37 heavy (non-hydrogen) atoms. The molecule has 0 spiro atoms. The monoisotopic (exact) mass is 535 g/mol. The zero-order valence-electron chi connectivity index (χ0n) is 26.6. The predicted molar refractivity (Wildman–Crippen MR) is 166 cm³/mol. The maximum absolute atomic E-state index is 10.6. The molecule has 0 aromatic carbocycles. The van der Waals surface area contributed by atoms with Gasteiger partial charge >= 0.3 is 0 Å². The van der Waals surface area contributed by atoms with Gasteiger partial charge in [-0.05, 0) is 46.8 Å². The first-order valence-electron chi connectivity index (χ1n) is 15.0. The van der Waals surface area contributed by atoms with E-state index in [0.717, 1.165) is 19.3 Å². The highest BCUT2D eigenvalue weighted by atomic mass is 16.1. The molecular formula is C30H70N4O3. The van der Waals surface area contributed by atoms with Gasteiger partial charge in [-0.3, -0.25) is 14.4 Å². The van der Waals surface area contributed by atoms with Crippen LogP contribution in [0.4, 0.5) is 0 Å². The number of carbonyl (C=O) groups excluding carboxylic acids is 3. The molecule has 7 nitrogen and oxygen atoms in total. The second-order valence-corrected chi connectivity index (χ2v) is 8.54. The van der Waals surface area contributed by atoms with Crippen molar-refractivity contribution in [3.8, 4) is 0 Å². The van der Waals surface area contributed by atoms with E-state index >= 15 is 0 Å². The molecule has 0 heterocycles. The third-order valence-corrected chi connectivity index (χ3v) is 5.06. The number of primary amides is 2. The second kappa shape index (κ2) is 55.2. The van der Waals surface area contributed by atoms with Crippen LogP contribution in [0, 0.1) is 5.92 Å². The summed E-state index contributed by atoms with van der Waals surface area (Å²) in [7, 11) is 3.75. The normalized spacial score (nSPS) is 9.57. The molecule has 0 saturated carbocycles. The summed E-state index contributed by atoms with van der Waals surface area (Å²) < 4.78 is 0. The Bertz CT molecular complexity index is 395. The van der Waals surface area contributed by atoms with E-state index in [-0.39, 0.29) is 24.0 Å². The number of unbranched alkanes of at least 4 members (excludes halogenated alkanes) is 12. The van der Waals surface area contributed by atoms with Gasteiger partial charge in [0, 0.05) is 12.3 Å². The van der Waals surface area contributed by atoms with Crippen molar-refractivity contribution in [3.05, 3.63) is 0 Å². The van der Waals surface area contributed by atoms with Gasteiger partial charge in [0.15, 0.2) is 0 Å². The van der Waals surface area contributed by atoms with E-state index in [1.54, 1.807) is 6.92 Å². The Morgan fingerprint density at radius 2 is 1.05 bits per heavy atom. The Morgan fingerprint density at radius 3 is 1.30 bits per heavy atom. The van der Waals surface area contributed by atoms with Crippen molar-refractivity contribution >= 4 is 18.1 Å². The molecule has 0 aliphatic heterocycles. The maximum atomic E-state index is 10.6. The minimum atomic E-state index is -0.155. The highest BCUT2D eigenvalue weighted by Gasteiger charge is 2.04. The van der Waals surface area contributed by atoms with Crippen LogP contribution in [-0.4, -0.2) is 38.7 Å². The van der Waals surface area contributed by atoms with Crippen LogP contribution >= 0.6 is 0 Å². The van der Waals surface area contributed by atoms with Gasteiger partial charge in [-0.25, -0.2) is 0 Å². The molecule has 1 atom stereocenters. The van der Waals surface area contributed by atoms with Crippen molar-refractivity contribution < 1.29 is 14.4 Å². The van der Waals surface area contributed by atoms with Gasteiger partial charge in [0.1, 0.15) is 5.78 Å². The molecule has 7 heteroatoms. The zero-order chi connectivity index (χ0) is 30.2. The lowest BCUT2D eigenvalue weighted by Crippen LogP contribution is -2.09. The smallest absolute Gasteiger partial charge is 0.217 e. The molecular weight excluding hydrogens is 464 g/mol. The molecule has 0 radical (unpaired) electrons. The number of amides is 2. The van der Waals surface area contributed by atoms with Crippen LogP contribution in [0.2, 0.25) is 0 Å². The molecule has 0 fully saturated rings. The first kappa shape index (κ1) is 48.6. The van der Waals surface area contributed by atoms with Crippen molar-refractivity contribution in [1.82, 2.24) is 5.32 Å². The highest BCUT2D eigenvalue weighted by Crippen LogP contribution is 2.12. The van der Waals surface area contributed by atoms with E-state index in [4.69, 9.17) is 16.3 Å². The summed E-state index contributed by atoms with van der Waals surface area (Å²) in [5.41, 5.74) is 14.5. The molecule has 228 valence electrons. The van der Waals surface area contributed by atoms with Gasteiger partial charge in [0.05, 0.1) is 0 Å². The maximum Gasteiger partial charge on any atom is 0.217 e. The van der Waals surface area contributed by atoms with E-state index in [1.165, 1.54) is 77.0 Å². The Morgan fingerprint density at radius 1 is 0.757 bits per heavy atom. The number of carbonyl (C=O) groups is 3. The van der Waals surface area contributed by atoms with Crippen molar-refractivity contribution in [1.29, 1.82) is 0 Å². The fourth-order valence-electron chi connectivity index (χ4n) is 2.94. The van der Waals surface area contributed by atoms with E-state index in [0.29, 0.717) is 13.0 Å². The van der Waals surface area contributed by atoms with Crippen LogP contribution in [0.25, 0.3) is 0 Å². The average molecular weight is 535 g/mol. The van der Waals surface area contributed by atoms with Crippen molar-refractivity contribution in [3.63, 3.8) is 0 Å². The minimum Gasteiger partial charge on any atom is -0.372 e. The lowest BCUT2D eigenvalue weighted by atomic mass is 10.0. The molecule has 0 saturated heterocycles. The van der Waals surface area contributed by atoms with Gasteiger partial charge in [-0.15, -0.1) is 0 Å². The summed E-state index contributed by atoms with van der Waals surface area (Å²) in [5, 5.41) is 2.75. The molecule has 7 N–H and O–H groups in total. The number of rotatable bonds is 18. The number of hydrogen-bond donors (Lipinski definition) is 4. The van der Waals surface area contributed by atoms with Gasteiger partial charge in [0.25, 0.3) is 0 Å². The van der Waals surface area contributed by atoms with E-state index in [2.05, 4.69) is 18.0 Å². The fourth-order valence-corrected chi connectivity index (χ4v) is 2.94.